The van der Waals surface area contributed by atoms with Crippen LogP contribution in [0.4, 0.5) is 0 Å². The Morgan fingerprint density at radius 2 is 1.96 bits per heavy atom. The number of pyridine rings is 1. The number of hydrogen-bond donors (Lipinski definition) is 0. The zero-order valence-electron chi connectivity index (χ0n) is 14.1. The van der Waals surface area contributed by atoms with E-state index in [1.54, 1.807) is 7.11 Å². The summed E-state index contributed by atoms with van der Waals surface area (Å²) in [5.41, 5.74) is 1.34. The van der Waals surface area contributed by atoms with Gasteiger partial charge < -0.3 is 9.47 Å². The van der Waals surface area contributed by atoms with Crippen LogP contribution in [0.3, 0.4) is 0 Å². The van der Waals surface area contributed by atoms with E-state index in [1.807, 2.05) is 36.7 Å². The highest BCUT2D eigenvalue weighted by Crippen LogP contribution is 2.43. The van der Waals surface area contributed by atoms with E-state index in [9.17, 15) is 0 Å². The molecule has 3 atom stereocenters. The van der Waals surface area contributed by atoms with Crippen LogP contribution >= 0.6 is 0 Å². The standard InChI is InChI=1S/C20H24N2O2/c1-23-18-3-2-4-19(12-18)24-14-20-16-5-6-17(11-16)22(20)13-15-7-9-21-10-8-15/h2-4,7-10,12,16-17,20H,5-6,11,13-14H2,1H3/t16-,17+,20+/m0/s1. The lowest BCUT2D eigenvalue weighted by atomic mass is 9.99. The Morgan fingerprint density at radius 3 is 2.79 bits per heavy atom. The minimum atomic E-state index is 0.503. The molecule has 1 saturated heterocycles. The van der Waals surface area contributed by atoms with Crippen molar-refractivity contribution in [2.24, 2.45) is 5.92 Å². The smallest absolute Gasteiger partial charge is 0.123 e. The number of likely N-dealkylation sites (tertiary alicyclic amines) is 1. The van der Waals surface area contributed by atoms with Crippen molar-refractivity contribution in [1.82, 2.24) is 9.88 Å². The van der Waals surface area contributed by atoms with Crippen LogP contribution in [0.2, 0.25) is 0 Å². The Morgan fingerprint density at radius 1 is 1.12 bits per heavy atom. The Kier molecular flexibility index (Phi) is 4.39. The van der Waals surface area contributed by atoms with Crippen molar-refractivity contribution in [2.75, 3.05) is 13.7 Å². The molecule has 1 saturated carbocycles. The van der Waals surface area contributed by atoms with Gasteiger partial charge in [-0.1, -0.05) is 6.07 Å². The molecule has 0 spiro atoms. The van der Waals surface area contributed by atoms with Crippen LogP contribution in [0, 0.1) is 5.92 Å². The number of hydrogen-bond acceptors (Lipinski definition) is 4. The van der Waals surface area contributed by atoms with Gasteiger partial charge in [0, 0.05) is 37.1 Å². The molecule has 4 nitrogen and oxygen atoms in total. The molecule has 1 aromatic heterocycles. The normalized spacial score (nSPS) is 25.8. The van der Waals surface area contributed by atoms with Crippen LogP contribution in [0.1, 0.15) is 24.8 Å². The zero-order chi connectivity index (χ0) is 16.4. The number of fused-ring (bicyclic) bond motifs is 2. The van der Waals surface area contributed by atoms with Crippen molar-refractivity contribution in [2.45, 2.75) is 37.9 Å². The first-order valence-corrected chi connectivity index (χ1v) is 8.75. The van der Waals surface area contributed by atoms with Crippen molar-refractivity contribution in [3.63, 3.8) is 0 Å². The van der Waals surface area contributed by atoms with Crippen molar-refractivity contribution < 1.29 is 9.47 Å². The SMILES string of the molecule is COc1cccc(OC[C@@H]2[C@H]3CC[C@H](C3)N2Cc2ccncc2)c1. The molecular formula is C20H24N2O2. The quantitative estimate of drug-likeness (QED) is 0.814. The lowest BCUT2D eigenvalue weighted by molar-refractivity contribution is 0.0866. The summed E-state index contributed by atoms with van der Waals surface area (Å²) in [5, 5.41) is 0. The van der Waals surface area contributed by atoms with Crippen molar-refractivity contribution in [1.29, 1.82) is 0 Å². The van der Waals surface area contributed by atoms with E-state index in [0.29, 0.717) is 12.1 Å². The molecule has 0 amide bonds. The fraction of sp³-hybridized carbons (Fsp3) is 0.450. The number of benzene rings is 1. The predicted molar refractivity (Wildman–Crippen MR) is 93.2 cm³/mol. The van der Waals surface area contributed by atoms with E-state index in [1.165, 1.54) is 24.8 Å². The van der Waals surface area contributed by atoms with Gasteiger partial charge in [-0.05, 0) is 55.0 Å². The molecule has 2 bridgehead atoms. The number of ether oxygens (including phenoxy) is 2. The third-order valence-electron chi connectivity index (χ3n) is 5.46. The Hall–Kier alpha value is -2.07. The van der Waals surface area contributed by atoms with Crippen LogP contribution in [0.15, 0.2) is 48.8 Å². The number of rotatable bonds is 6. The molecule has 0 N–H and O–H groups in total. The van der Waals surface area contributed by atoms with Crippen LogP contribution in [0.5, 0.6) is 11.5 Å². The first kappa shape index (κ1) is 15.5. The van der Waals surface area contributed by atoms with Crippen LogP contribution in [-0.4, -0.2) is 35.7 Å². The molecule has 2 aliphatic rings. The highest BCUT2D eigenvalue weighted by atomic mass is 16.5. The summed E-state index contributed by atoms with van der Waals surface area (Å²) < 4.78 is 11.4. The van der Waals surface area contributed by atoms with Gasteiger partial charge in [0.2, 0.25) is 0 Å². The van der Waals surface area contributed by atoms with Gasteiger partial charge in [0.15, 0.2) is 0 Å². The summed E-state index contributed by atoms with van der Waals surface area (Å²) in [6.45, 7) is 1.75. The second-order valence-corrected chi connectivity index (χ2v) is 6.81. The summed E-state index contributed by atoms with van der Waals surface area (Å²) in [6, 6.07) is 13.3. The minimum Gasteiger partial charge on any atom is -0.497 e. The number of aromatic nitrogens is 1. The average molecular weight is 324 g/mol. The molecule has 0 unspecified atom stereocenters. The molecule has 1 aromatic carbocycles. The molecule has 1 aliphatic carbocycles. The number of nitrogens with zero attached hydrogens (tertiary/aromatic N) is 2. The maximum Gasteiger partial charge on any atom is 0.123 e. The monoisotopic (exact) mass is 324 g/mol. The van der Waals surface area contributed by atoms with Gasteiger partial charge in [0.1, 0.15) is 18.1 Å². The molecule has 4 rings (SSSR count). The molecule has 126 valence electrons. The number of methoxy groups -OCH3 is 1. The first-order chi connectivity index (χ1) is 11.8. The van der Waals surface area contributed by atoms with Gasteiger partial charge in [-0.2, -0.15) is 0 Å². The largest absolute Gasteiger partial charge is 0.497 e. The van der Waals surface area contributed by atoms with Crippen LogP contribution < -0.4 is 9.47 Å². The second-order valence-electron chi connectivity index (χ2n) is 6.81. The molecule has 2 fully saturated rings. The van der Waals surface area contributed by atoms with E-state index < -0.39 is 0 Å². The van der Waals surface area contributed by atoms with E-state index in [2.05, 4.69) is 22.0 Å². The van der Waals surface area contributed by atoms with Gasteiger partial charge in [-0.25, -0.2) is 0 Å². The molecule has 4 heteroatoms. The summed E-state index contributed by atoms with van der Waals surface area (Å²) >= 11 is 0. The molecular weight excluding hydrogens is 300 g/mol. The minimum absolute atomic E-state index is 0.503. The topological polar surface area (TPSA) is 34.6 Å². The van der Waals surface area contributed by atoms with E-state index >= 15 is 0 Å². The van der Waals surface area contributed by atoms with Gasteiger partial charge in [0.05, 0.1) is 7.11 Å². The van der Waals surface area contributed by atoms with Crippen molar-refractivity contribution in [3.8, 4) is 11.5 Å². The third kappa shape index (κ3) is 3.11. The number of piperidine rings is 1. The van der Waals surface area contributed by atoms with Gasteiger partial charge in [0.25, 0.3) is 0 Å². The van der Waals surface area contributed by atoms with Crippen LogP contribution in [0.25, 0.3) is 0 Å². The van der Waals surface area contributed by atoms with Gasteiger partial charge in [-0.15, -0.1) is 0 Å². The first-order valence-electron chi connectivity index (χ1n) is 8.75. The Bertz CT molecular complexity index is 676. The summed E-state index contributed by atoms with van der Waals surface area (Å²) in [6.07, 6.45) is 7.74. The van der Waals surface area contributed by atoms with Crippen molar-refractivity contribution >= 4 is 0 Å². The lowest BCUT2D eigenvalue weighted by Gasteiger charge is -2.35. The lowest BCUT2D eigenvalue weighted by Crippen LogP contribution is -2.43. The molecule has 2 heterocycles. The Labute approximate surface area is 143 Å². The fourth-order valence-electron chi connectivity index (χ4n) is 4.23. The maximum absolute atomic E-state index is 6.12. The highest BCUT2D eigenvalue weighted by Gasteiger charge is 2.45. The predicted octanol–water partition coefficient (Wildman–Crippen LogP) is 3.52. The maximum atomic E-state index is 6.12. The summed E-state index contributed by atoms with van der Waals surface area (Å²) in [5.74, 6) is 2.50. The molecule has 24 heavy (non-hydrogen) atoms. The van der Waals surface area contributed by atoms with Gasteiger partial charge >= 0.3 is 0 Å². The molecule has 1 aliphatic heterocycles. The van der Waals surface area contributed by atoms with E-state index in [-0.39, 0.29) is 0 Å². The van der Waals surface area contributed by atoms with E-state index in [0.717, 1.165) is 30.6 Å². The molecule has 2 aromatic rings. The van der Waals surface area contributed by atoms with E-state index in [4.69, 9.17) is 9.47 Å². The van der Waals surface area contributed by atoms with Crippen molar-refractivity contribution in [3.05, 3.63) is 54.4 Å². The Balaban J connectivity index is 1.44. The highest BCUT2D eigenvalue weighted by molar-refractivity contribution is 5.32. The zero-order valence-corrected chi connectivity index (χ0v) is 14.1. The third-order valence-corrected chi connectivity index (χ3v) is 5.46. The molecule has 0 radical (unpaired) electrons. The fourth-order valence-corrected chi connectivity index (χ4v) is 4.23. The summed E-state index contributed by atoms with van der Waals surface area (Å²) in [7, 11) is 1.69. The second kappa shape index (κ2) is 6.81. The van der Waals surface area contributed by atoms with Gasteiger partial charge in [-0.3, -0.25) is 9.88 Å². The van der Waals surface area contributed by atoms with Crippen LogP contribution in [-0.2, 0) is 6.54 Å². The summed E-state index contributed by atoms with van der Waals surface area (Å²) in [4.78, 5) is 6.77. The average Bonchev–Trinajstić information content (AvgIpc) is 3.23.